The number of amides is 1. The summed E-state index contributed by atoms with van der Waals surface area (Å²) in [6, 6.07) is 21.4. The zero-order valence-electron chi connectivity index (χ0n) is 13.4. The quantitative estimate of drug-likeness (QED) is 0.691. The van der Waals surface area contributed by atoms with Crippen LogP contribution in [0.4, 0.5) is 5.69 Å². The summed E-state index contributed by atoms with van der Waals surface area (Å²) in [6.07, 6.45) is -0.106. The Morgan fingerprint density at radius 1 is 1.00 bits per heavy atom. The molecule has 6 heteroatoms. The lowest BCUT2D eigenvalue weighted by Crippen LogP contribution is -2.33. The normalized spacial score (nSPS) is 13.3. The molecule has 2 atom stereocenters. The standard InChI is InChI=1S/C19H18N2O3S/c20-19(22)13-18(15-7-2-1-3-8-15)21(25(23)24)17-11-10-14-6-4-5-9-16(14)12-17/h1-12,18H,13H2,(H2,20,22)(H,23,24)/p-1. The third-order valence-electron chi connectivity index (χ3n) is 4.01. The molecule has 25 heavy (non-hydrogen) atoms. The Hall–Kier alpha value is -2.70. The Morgan fingerprint density at radius 2 is 1.64 bits per heavy atom. The van der Waals surface area contributed by atoms with Gasteiger partial charge in [0.15, 0.2) is 0 Å². The smallest absolute Gasteiger partial charge is 0.219 e. The van der Waals surface area contributed by atoms with E-state index in [0.717, 1.165) is 10.8 Å². The first-order valence-corrected chi connectivity index (χ1v) is 8.80. The van der Waals surface area contributed by atoms with Gasteiger partial charge < -0.3 is 10.3 Å². The van der Waals surface area contributed by atoms with Crippen molar-refractivity contribution in [1.82, 2.24) is 0 Å². The molecule has 3 rings (SSSR count). The van der Waals surface area contributed by atoms with Crippen LogP contribution in [0.2, 0.25) is 0 Å². The third-order valence-corrected chi connectivity index (χ3v) is 4.80. The highest BCUT2D eigenvalue weighted by molar-refractivity contribution is 7.80. The van der Waals surface area contributed by atoms with Gasteiger partial charge in [-0.25, -0.2) is 0 Å². The maximum absolute atomic E-state index is 12.0. The zero-order chi connectivity index (χ0) is 17.8. The van der Waals surface area contributed by atoms with E-state index in [1.54, 1.807) is 36.4 Å². The van der Waals surface area contributed by atoms with Gasteiger partial charge in [0.25, 0.3) is 0 Å². The van der Waals surface area contributed by atoms with Crippen molar-refractivity contribution in [2.24, 2.45) is 5.73 Å². The molecule has 0 heterocycles. The molecule has 0 aliphatic rings. The monoisotopic (exact) mass is 353 g/mol. The number of nitrogens with zero attached hydrogens (tertiary/aromatic N) is 1. The highest BCUT2D eigenvalue weighted by atomic mass is 32.2. The molecule has 0 saturated carbocycles. The molecule has 5 nitrogen and oxygen atoms in total. The number of benzene rings is 3. The molecule has 0 aliphatic heterocycles. The van der Waals surface area contributed by atoms with Gasteiger partial charge in [-0.1, -0.05) is 60.7 Å². The van der Waals surface area contributed by atoms with Crippen LogP contribution < -0.4 is 10.0 Å². The van der Waals surface area contributed by atoms with Crippen molar-refractivity contribution in [2.45, 2.75) is 12.5 Å². The number of hydrogen-bond donors (Lipinski definition) is 1. The fourth-order valence-electron chi connectivity index (χ4n) is 2.89. The van der Waals surface area contributed by atoms with E-state index in [9.17, 15) is 13.6 Å². The number of fused-ring (bicyclic) bond motifs is 1. The summed E-state index contributed by atoms with van der Waals surface area (Å²) < 4.78 is 25.2. The molecule has 128 valence electrons. The minimum absolute atomic E-state index is 0.106. The largest absolute Gasteiger partial charge is 0.755 e. The van der Waals surface area contributed by atoms with E-state index in [0.29, 0.717) is 11.3 Å². The van der Waals surface area contributed by atoms with E-state index < -0.39 is 23.2 Å². The van der Waals surface area contributed by atoms with Crippen molar-refractivity contribution in [3.05, 3.63) is 78.4 Å². The Labute approximate surface area is 148 Å². The van der Waals surface area contributed by atoms with Gasteiger partial charge in [0.2, 0.25) is 5.91 Å². The molecule has 0 aromatic heterocycles. The van der Waals surface area contributed by atoms with Crippen molar-refractivity contribution in [3.63, 3.8) is 0 Å². The Morgan fingerprint density at radius 3 is 2.28 bits per heavy atom. The first-order valence-electron chi connectivity index (χ1n) is 7.77. The lowest BCUT2D eigenvalue weighted by Gasteiger charge is -2.34. The second kappa shape index (κ2) is 7.46. The summed E-state index contributed by atoms with van der Waals surface area (Å²) >= 11 is -2.57. The average molecular weight is 353 g/mol. The topological polar surface area (TPSA) is 86.5 Å². The minimum Gasteiger partial charge on any atom is -0.755 e. The van der Waals surface area contributed by atoms with Gasteiger partial charge in [-0.05, 0) is 28.5 Å². The predicted molar refractivity (Wildman–Crippen MR) is 98.3 cm³/mol. The maximum Gasteiger partial charge on any atom is 0.219 e. The Bertz CT molecular complexity index is 915. The van der Waals surface area contributed by atoms with E-state index in [2.05, 4.69) is 0 Å². The number of nitrogens with two attached hydrogens (primary N) is 1. The third kappa shape index (κ3) is 3.87. The van der Waals surface area contributed by atoms with Crippen LogP contribution in [-0.2, 0) is 16.1 Å². The van der Waals surface area contributed by atoms with Crippen LogP contribution in [0.1, 0.15) is 18.0 Å². The summed E-state index contributed by atoms with van der Waals surface area (Å²) in [7, 11) is 0. The highest BCUT2D eigenvalue weighted by Gasteiger charge is 2.24. The van der Waals surface area contributed by atoms with Crippen molar-refractivity contribution < 1.29 is 13.6 Å². The van der Waals surface area contributed by atoms with Gasteiger partial charge in [-0.15, -0.1) is 0 Å². The van der Waals surface area contributed by atoms with Crippen LogP contribution in [0.3, 0.4) is 0 Å². The molecule has 0 saturated heterocycles. The number of hydrogen-bond acceptors (Lipinski definition) is 3. The lowest BCUT2D eigenvalue weighted by atomic mass is 10.0. The van der Waals surface area contributed by atoms with Gasteiger partial charge in [-0.2, -0.15) is 0 Å². The number of rotatable bonds is 6. The summed E-state index contributed by atoms with van der Waals surface area (Å²) in [5, 5.41) is 1.93. The fourth-order valence-corrected chi connectivity index (χ4v) is 3.58. The summed E-state index contributed by atoms with van der Waals surface area (Å²) in [6.45, 7) is 0. The zero-order valence-corrected chi connectivity index (χ0v) is 14.2. The summed E-state index contributed by atoms with van der Waals surface area (Å²) in [5.74, 6) is -0.565. The molecular weight excluding hydrogens is 336 g/mol. The van der Waals surface area contributed by atoms with E-state index in [1.807, 2.05) is 36.4 Å². The SMILES string of the molecule is NC(=O)CC(c1ccccc1)N(c1ccc2ccccc2c1)S(=O)[O-]. The van der Waals surface area contributed by atoms with Crippen LogP contribution in [0.25, 0.3) is 10.8 Å². The van der Waals surface area contributed by atoms with Gasteiger partial charge in [0.1, 0.15) is 0 Å². The van der Waals surface area contributed by atoms with E-state index in [4.69, 9.17) is 5.73 Å². The second-order valence-corrected chi connectivity index (χ2v) is 6.50. The van der Waals surface area contributed by atoms with Crippen LogP contribution >= 0.6 is 0 Å². The molecule has 2 N–H and O–H groups in total. The van der Waals surface area contributed by atoms with Crippen molar-refractivity contribution in [1.29, 1.82) is 0 Å². The molecule has 0 spiro atoms. The van der Waals surface area contributed by atoms with Gasteiger partial charge >= 0.3 is 0 Å². The van der Waals surface area contributed by atoms with E-state index in [-0.39, 0.29) is 6.42 Å². The minimum atomic E-state index is -2.57. The number of carbonyl (C=O) groups excluding carboxylic acids is 1. The molecule has 0 radical (unpaired) electrons. The Kier molecular flexibility index (Phi) is 5.11. The van der Waals surface area contributed by atoms with Gasteiger partial charge in [0, 0.05) is 17.0 Å². The van der Waals surface area contributed by atoms with Crippen molar-refractivity contribution in [2.75, 3.05) is 4.31 Å². The first-order chi connectivity index (χ1) is 12.1. The van der Waals surface area contributed by atoms with Crippen LogP contribution in [0.5, 0.6) is 0 Å². The average Bonchev–Trinajstić information content (AvgIpc) is 2.61. The van der Waals surface area contributed by atoms with Crippen LogP contribution in [-0.4, -0.2) is 14.7 Å². The summed E-state index contributed by atoms with van der Waals surface area (Å²) in [5.41, 5.74) is 6.57. The predicted octanol–water partition coefficient (Wildman–Crippen LogP) is 3.06. The number of anilines is 1. The van der Waals surface area contributed by atoms with Crippen molar-refractivity contribution >= 4 is 33.6 Å². The van der Waals surface area contributed by atoms with Gasteiger partial charge in [0.05, 0.1) is 12.5 Å². The van der Waals surface area contributed by atoms with Gasteiger partial charge in [-0.3, -0.25) is 13.3 Å². The molecule has 3 aromatic rings. The second-order valence-electron chi connectivity index (χ2n) is 5.67. The molecular formula is C19H17N2O3S-. The van der Waals surface area contributed by atoms with Crippen LogP contribution in [0, 0.1) is 0 Å². The van der Waals surface area contributed by atoms with Crippen molar-refractivity contribution in [3.8, 4) is 0 Å². The van der Waals surface area contributed by atoms with E-state index in [1.165, 1.54) is 4.31 Å². The molecule has 0 fully saturated rings. The number of carbonyl (C=O) groups is 1. The Balaban J connectivity index is 2.10. The molecule has 3 aromatic carbocycles. The maximum atomic E-state index is 12.0. The first kappa shape index (κ1) is 17.1. The number of primary amides is 1. The molecule has 0 bridgehead atoms. The van der Waals surface area contributed by atoms with E-state index >= 15 is 0 Å². The lowest BCUT2D eigenvalue weighted by molar-refractivity contribution is -0.118. The molecule has 2 unspecified atom stereocenters. The summed E-state index contributed by atoms with van der Waals surface area (Å²) in [4.78, 5) is 11.5. The molecule has 0 aliphatic carbocycles. The fraction of sp³-hybridized carbons (Fsp3) is 0.105. The highest BCUT2D eigenvalue weighted by Crippen LogP contribution is 2.32. The van der Waals surface area contributed by atoms with Crippen LogP contribution in [0.15, 0.2) is 72.8 Å². The molecule has 1 amide bonds.